The predicted octanol–water partition coefficient (Wildman–Crippen LogP) is 3.68. The molecule has 0 atom stereocenters. The Morgan fingerprint density at radius 3 is 2.77 bits per heavy atom. The Morgan fingerprint density at radius 1 is 0.935 bits per heavy atom. The summed E-state index contributed by atoms with van der Waals surface area (Å²) < 4.78 is 17.1. The molecule has 0 spiro atoms. The summed E-state index contributed by atoms with van der Waals surface area (Å²) in [6.45, 7) is 2.23. The maximum Gasteiger partial charge on any atom is 0.257 e. The van der Waals surface area contributed by atoms with E-state index in [1.807, 2.05) is 41.4 Å². The summed E-state index contributed by atoms with van der Waals surface area (Å²) in [5.41, 5.74) is 4.72. The van der Waals surface area contributed by atoms with Crippen molar-refractivity contribution in [2.45, 2.75) is 19.4 Å². The van der Waals surface area contributed by atoms with Crippen molar-refractivity contribution >= 4 is 23.1 Å². The van der Waals surface area contributed by atoms with Gasteiger partial charge in [-0.25, -0.2) is 9.97 Å². The van der Waals surface area contributed by atoms with Gasteiger partial charge in [0.2, 0.25) is 5.91 Å². The van der Waals surface area contributed by atoms with Crippen LogP contribution in [0.15, 0.2) is 42.7 Å². The number of hydrogen-bond acceptors (Lipinski definition) is 7. The number of rotatable bonds is 3. The molecule has 6 rings (SSSR count). The Kier molecular flexibility index (Phi) is 4.15. The highest BCUT2D eigenvalue weighted by Crippen LogP contribution is 2.41. The maximum absolute atomic E-state index is 12.1. The lowest BCUT2D eigenvalue weighted by Crippen LogP contribution is -2.23. The van der Waals surface area contributed by atoms with Crippen LogP contribution in [-0.4, -0.2) is 35.6 Å². The van der Waals surface area contributed by atoms with E-state index >= 15 is 0 Å². The number of carbonyl (C=O) groups is 1. The van der Waals surface area contributed by atoms with Gasteiger partial charge in [-0.2, -0.15) is 0 Å². The lowest BCUT2D eigenvalue weighted by atomic mass is 9.98. The summed E-state index contributed by atoms with van der Waals surface area (Å²) in [5, 5.41) is 3.27. The molecule has 1 aromatic carbocycles. The fraction of sp³-hybridized carbons (Fsp3) is 0.261. The van der Waals surface area contributed by atoms with Crippen LogP contribution in [0, 0.1) is 0 Å². The van der Waals surface area contributed by atoms with Crippen LogP contribution in [0.5, 0.6) is 17.4 Å². The normalized spacial score (nSPS) is 16.4. The number of amides is 1. The SMILES string of the molecule is O=C1CCCN1c1ccc2c(c1)OCc1cc(Nc3cnc4c(c3)OCCO4)ncc1-2. The summed E-state index contributed by atoms with van der Waals surface area (Å²) in [6.07, 6.45) is 5.06. The van der Waals surface area contributed by atoms with Crippen molar-refractivity contribution in [1.82, 2.24) is 9.97 Å². The van der Waals surface area contributed by atoms with E-state index in [0.29, 0.717) is 43.7 Å². The Hall–Kier alpha value is -3.81. The average Bonchev–Trinajstić information content (AvgIpc) is 3.24. The fourth-order valence-corrected chi connectivity index (χ4v) is 4.17. The number of nitrogens with one attached hydrogen (secondary N) is 1. The molecule has 0 saturated carbocycles. The lowest BCUT2D eigenvalue weighted by Gasteiger charge is -2.24. The molecule has 3 aliphatic heterocycles. The molecule has 8 heteroatoms. The molecule has 1 saturated heterocycles. The van der Waals surface area contributed by atoms with Gasteiger partial charge in [-0.3, -0.25) is 4.79 Å². The predicted molar refractivity (Wildman–Crippen MR) is 114 cm³/mol. The van der Waals surface area contributed by atoms with Crippen molar-refractivity contribution in [3.63, 3.8) is 0 Å². The maximum atomic E-state index is 12.1. The Bertz CT molecular complexity index is 1200. The Labute approximate surface area is 178 Å². The summed E-state index contributed by atoms with van der Waals surface area (Å²) in [4.78, 5) is 22.8. The summed E-state index contributed by atoms with van der Waals surface area (Å²) in [5.74, 6) is 2.78. The standard InChI is InChI=1S/C23H20N4O4/c28-22-2-1-5-27(22)16-3-4-17-18-12-24-21(8-14(18)13-31-19(17)10-16)26-15-9-20-23(25-11-15)30-7-6-29-20/h3-4,8-12H,1-2,5-7,13H2,(H,24,26). The number of aromatic nitrogens is 2. The summed E-state index contributed by atoms with van der Waals surface area (Å²) in [7, 11) is 0. The first-order valence-corrected chi connectivity index (χ1v) is 10.3. The van der Waals surface area contributed by atoms with Gasteiger partial charge in [-0.1, -0.05) is 0 Å². The molecule has 1 N–H and O–H groups in total. The minimum absolute atomic E-state index is 0.169. The van der Waals surface area contributed by atoms with Crippen molar-refractivity contribution in [1.29, 1.82) is 0 Å². The number of benzene rings is 1. The smallest absolute Gasteiger partial charge is 0.257 e. The van der Waals surface area contributed by atoms with Crippen LogP contribution in [-0.2, 0) is 11.4 Å². The van der Waals surface area contributed by atoms with Gasteiger partial charge in [-0.05, 0) is 24.6 Å². The number of anilines is 3. The molecule has 3 aliphatic rings. The molecule has 31 heavy (non-hydrogen) atoms. The highest BCUT2D eigenvalue weighted by molar-refractivity contribution is 5.96. The molecule has 0 unspecified atom stereocenters. The van der Waals surface area contributed by atoms with Crippen LogP contribution < -0.4 is 24.4 Å². The van der Waals surface area contributed by atoms with Gasteiger partial charge in [-0.15, -0.1) is 0 Å². The third-order valence-electron chi connectivity index (χ3n) is 5.68. The molecular weight excluding hydrogens is 396 g/mol. The number of nitrogens with zero attached hydrogens (tertiary/aromatic N) is 3. The van der Waals surface area contributed by atoms with E-state index in [2.05, 4.69) is 15.3 Å². The molecule has 5 heterocycles. The van der Waals surface area contributed by atoms with E-state index in [4.69, 9.17) is 14.2 Å². The molecule has 156 valence electrons. The van der Waals surface area contributed by atoms with Gasteiger partial charge in [0, 0.05) is 53.7 Å². The number of fused-ring (bicyclic) bond motifs is 4. The van der Waals surface area contributed by atoms with Crippen LogP contribution in [0.3, 0.4) is 0 Å². The Morgan fingerprint density at radius 2 is 1.87 bits per heavy atom. The van der Waals surface area contributed by atoms with E-state index in [0.717, 1.165) is 46.8 Å². The molecular formula is C23H20N4O4. The first-order chi connectivity index (χ1) is 15.2. The van der Waals surface area contributed by atoms with Crippen LogP contribution in [0.1, 0.15) is 18.4 Å². The third kappa shape index (κ3) is 3.20. The zero-order valence-corrected chi connectivity index (χ0v) is 16.8. The monoisotopic (exact) mass is 416 g/mol. The minimum Gasteiger partial charge on any atom is -0.488 e. The molecule has 8 nitrogen and oxygen atoms in total. The van der Waals surface area contributed by atoms with E-state index < -0.39 is 0 Å². The van der Waals surface area contributed by atoms with Gasteiger partial charge in [0.1, 0.15) is 31.4 Å². The van der Waals surface area contributed by atoms with E-state index in [9.17, 15) is 4.79 Å². The molecule has 3 aromatic rings. The highest BCUT2D eigenvalue weighted by Gasteiger charge is 2.25. The van der Waals surface area contributed by atoms with Gasteiger partial charge >= 0.3 is 0 Å². The largest absolute Gasteiger partial charge is 0.488 e. The van der Waals surface area contributed by atoms with Crippen LogP contribution in [0.25, 0.3) is 11.1 Å². The topological polar surface area (TPSA) is 85.8 Å². The second kappa shape index (κ2) is 7.16. The van der Waals surface area contributed by atoms with Crippen LogP contribution >= 0.6 is 0 Å². The van der Waals surface area contributed by atoms with Gasteiger partial charge < -0.3 is 24.4 Å². The van der Waals surface area contributed by atoms with Crippen molar-refractivity contribution < 1.29 is 19.0 Å². The zero-order valence-electron chi connectivity index (χ0n) is 16.8. The quantitative estimate of drug-likeness (QED) is 0.697. The van der Waals surface area contributed by atoms with E-state index in [-0.39, 0.29) is 5.91 Å². The highest BCUT2D eigenvalue weighted by atomic mass is 16.6. The molecule has 0 radical (unpaired) electrons. The number of hydrogen-bond donors (Lipinski definition) is 1. The van der Waals surface area contributed by atoms with Crippen LogP contribution in [0.2, 0.25) is 0 Å². The van der Waals surface area contributed by atoms with Crippen molar-refractivity contribution in [2.75, 3.05) is 30.0 Å². The molecule has 1 amide bonds. The number of pyridine rings is 2. The minimum atomic E-state index is 0.169. The van der Waals surface area contributed by atoms with Gasteiger partial charge in [0.15, 0.2) is 5.75 Å². The third-order valence-corrected chi connectivity index (χ3v) is 5.68. The molecule has 1 fully saturated rings. The second-order valence-corrected chi connectivity index (χ2v) is 7.69. The average molecular weight is 416 g/mol. The lowest BCUT2D eigenvalue weighted by molar-refractivity contribution is -0.117. The molecule has 0 aliphatic carbocycles. The van der Waals surface area contributed by atoms with Crippen molar-refractivity contribution in [2.24, 2.45) is 0 Å². The fourth-order valence-electron chi connectivity index (χ4n) is 4.17. The molecule has 2 aromatic heterocycles. The van der Waals surface area contributed by atoms with Gasteiger partial charge in [0.25, 0.3) is 5.88 Å². The van der Waals surface area contributed by atoms with E-state index in [1.165, 1.54) is 0 Å². The van der Waals surface area contributed by atoms with Crippen molar-refractivity contribution in [3.8, 4) is 28.5 Å². The number of ether oxygens (including phenoxy) is 3. The zero-order chi connectivity index (χ0) is 20.8. The van der Waals surface area contributed by atoms with E-state index in [1.54, 1.807) is 6.20 Å². The first kappa shape index (κ1) is 18.0. The number of carbonyl (C=O) groups excluding carboxylic acids is 1. The van der Waals surface area contributed by atoms with Crippen LogP contribution in [0.4, 0.5) is 17.2 Å². The van der Waals surface area contributed by atoms with Crippen molar-refractivity contribution in [3.05, 3.63) is 48.3 Å². The Balaban J connectivity index is 1.26. The summed E-state index contributed by atoms with van der Waals surface area (Å²) >= 11 is 0. The molecule has 0 bridgehead atoms. The van der Waals surface area contributed by atoms with Gasteiger partial charge in [0.05, 0.1) is 11.9 Å². The second-order valence-electron chi connectivity index (χ2n) is 7.69. The first-order valence-electron chi connectivity index (χ1n) is 10.3. The summed E-state index contributed by atoms with van der Waals surface area (Å²) in [6, 6.07) is 9.78.